The number of benzene rings is 1. The second-order valence-electron chi connectivity index (χ2n) is 5.15. The van der Waals surface area contributed by atoms with Crippen molar-refractivity contribution in [3.8, 4) is 5.75 Å². The van der Waals surface area contributed by atoms with Gasteiger partial charge in [0.05, 0.1) is 13.7 Å². The summed E-state index contributed by atoms with van der Waals surface area (Å²) in [5.41, 5.74) is 2.58. The molecule has 2 atom stereocenters. The average molecular weight is 277 g/mol. The molecule has 0 aromatic heterocycles. The van der Waals surface area contributed by atoms with Crippen LogP contribution < -0.4 is 10.1 Å². The van der Waals surface area contributed by atoms with Gasteiger partial charge in [-0.1, -0.05) is 6.07 Å². The molecule has 0 radical (unpaired) electrons. The first kappa shape index (κ1) is 14.9. The van der Waals surface area contributed by atoms with Gasteiger partial charge in [0.1, 0.15) is 11.8 Å². The minimum absolute atomic E-state index is 0.187. The van der Waals surface area contributed by atoms with Crippen LogP contribution in [0.3, 0.4) is 0 Å². The Morgan fingerprint density at radius 3 is 3.00 bits per heavy atom. The van der Waals surface area contributed by atoms with Crippen molar-refractivity contribution in [1.29, 1.82) is 0 Å². The lowest BCUT2D eigenvalue weighted by Gasteiger charge is -2.28. The predicted octanol–water partition coefficient (Wildman–Crippen LogP) is 2.61. The molecule has 0 heterocycles. The Kier molecular flexibility index (Phi) is 5.01. The zero-order valence-corrected chi connectivity index (χ0v) is 12.4. The van der Waals surface area contributed by atoms with Crippen LogP contribution in [0.5, 0.6) is 5.75 Å². The third-order valence-corrected chi connectivity index (χ3v) is 3.76. The highest BCUT2D eigenvalue weighted by Gasteiger charge is 2.24. The molecule has 0 bridgehead atoms. The van der Waals surface area contributed by atoms with E-state index in [1.54, 1.807) is 7.11 Å². The highest BCUT2D eigenvalue weighted by atomic mass is 16.5. The van der Waals surface area contributed by atoms with Crippen LogP contribution in [-0.2, 0) is 16.0 Å². The second-order valence-corrected chi connectivity index (χ2v) is 5.15. The number of hydrogen-bond acceptors (Lipinski definition) is 4. The Morgan fingerprint density at radius 2 is 2.30 bits per heavy atom. The molecule has 0 spiro atoms. The van der Waals surface area contributed by atoms with Gasteiger partial charge in [0, 0.05) is 6.04 Å². The normalized spacial score (nSPS) is 19.1. The molecule has 20 heavy (non-hydrogen) atoms. The van der Waals surface area contributed by atoms with E-state index in [0.717, 1.165) is 25.0 Å². The number of rotatable bonds is 5. The Balaban J connectivity index is 2.10. The number of hydrogen-bond donors (Lipinski definition) is 1. The molecule has 0 fully saturated rings. The number of methoxy groups -OCH3 is 1. The molecule has 0 saturated carbocycles. The van der Waals surface area contributed by atoms with Crippen molar-refractivity contribution in [2.24, 2.45) is 0 Å². The Morgan fingerprint density at radius 1 is 1.50 bits per heavy atom. The topological polar surface area (TPSA) is 47.6 Å². The van der Waals surface area contributed by atoms with Gasteiger partial charge in [0.15, 0.2) is 0 Å². The van der Waals surface area contributed by atoms with E-state index in [0.29, 0.717) is 6.61 Å². The second kappa shape index (κ2) is 6.75. The molecule has 1 aliphatic rings. The minimum Gasteiger partial charge on any atom is -0.497 e. The maximum Gasteiger partial charge on any atom is 0.322 e. The first-order chi connectivity index (χ1) is 9.65. The van der Waals surface area contributed by atoms with Crippen molar-refractivity contribution in [3.05, 3.63) is 29.3 Å². The first-order valence-corrected chi connectivity index (χ1v) is 7.25. The van der Waals surface area contributed by atoms with Gasteiger partial charge in [-0.3, -0.25) is 10.1 Å². The molecular formula is C16H23NO3. The van der Waals surface area contributed by atoms with Crippen molar-refractivity contribution in [1.82, 2.24) is 5.32 Å². The summed E-state index contributed by atoms with van der Waals surface area (Å²) in [5, 5.41) is 3.38. The van der Waals surface area contributed by atoms with Crippen molar-refractivity contribution >= 4 is 5.97 Å². The molecule has 4 nitrogen and oxygen atoms in total. The lowest BCUT2D eigenvalue weighted by Crippen LogP contribution is -2.39. The molecular weight excluding hydrogens is 254 g/mol. The number of nitrogens with one attached hydrogen (secondary N) is 1. The van der Waals surface area contributed by atoms with E-state index < -0.39 is 0 Å². The lowest BCUT2D eigenvalue weighted by atomic mass is 9.87. The fraction of sp³-hybridized carbons (Fsp3) is 0.562. The standard InChI is InChI=1S/C16H23NO3/c1-4-20-16(18)11(2)17-15-7-5-6-12-10-13(19-3)8-9-14(12)15/h8-11,15,17H,4-7H2,1-3H3. The van der Waals surface area contributed by atoms with Gasteiger partial charge in [0.25, 0.3) is 0 Å². The van der Waals surface area contributed by atoms with Crippen LogP contribution in [0.1, 0.15) is 43.9 Å². The zero-order valence-electron chi connectivity index (χ0n) is 12.4. The molecule has 0 saturated heterocycles. The average Bonchev–Trinajstić information content (AvgIpc) is 2.47. The van der Waals surface area contributed by atoms with Gasteiger partial charge >= 0.3 is 5.97 Å². The number of esters is 1. The molecule has 1 N–H and O–H groups in total. The molecule has 1 aromatic carbocycles. The van der Waals surface area contributed by atoms with Crippen molar-refractivity contribution in [3.63, 3.8) is 0 Å². The van der Waals surface area contributed by atoms with Crippen molar-refractivity contribution < 1.29 is 14.3 Å². The molecule has 1 aliphatic carbocycles. The van der Waals surface area contributed by atoms with Crippen LogP contribution >= 0.6 is 0 Å². The van der Waals surface area contributed by atoms with Gasteiger partial charge in [-0.15, -0.1) is 0 Å². The fourth-order valence-corrected chi connectivity index (χ4v) is 2.73. The van der Waals surface area contributed by atoms with E-state index in [1.165, 1.54) is 11.1 Å². The molecule has 1 aromatic rings. The van der Waals surface area contributed by atoms with Crippen LogP contribution in [0.15, 0.2) is 18.2 Å². The summed E-state index contributed by atoms with van der Waals surface area (Å²) in [6.45, 7) is 4.10. The van der Waals surface area contributed by atoms with Gasteiger partial charge in [-0.25, -0.2) is 0 Å². The molecule has 110 valence electrons. The van der Waals surface area contributed by atoms with Crippen LogP contribution in [0.2, 0.25) is 0 Å². The van der Waals surface area contributed by atoms with E-state index in [2.05, 4.69) is 17.4 Å². The smallest absolute Gasteiger partial charge is 0.322 e. The van der Waals surface area contributed by atoms with E-state index in [4.69, 9.17) is 9.47 Å². The van der Waals surface area contributed by atoms with Gasteiger partial charge in [-0.2, -0.15) is 0 Å². The number of ether oxygens (including phenoxy) is 2. The third-order valence-electron chi connectivity index (χ3n) is 3.76. The fourth-order valence-electron chi connectivity index (χ4n) is 2.73. The Hall–Kier alpha value is -1.55. The monoisotopic (exact) mass is 277 g/mol. The number of aryl methyl sites for hydroxylation is 1. The summed E-state index contributed by atoms with van der Waals surface area (Å²) >= 11 is 0. The third kappa shape index (κ3) is 3.31. The summed E-state index contributed by atoms with van der Waals surface area (Å²) < 4.78 is 10.3. The number of carbonyl (C=O) groups excluding carboxylic acids is 1. The van der Waals surface area contributed by atoms with Gasteiger partial charge < -0.3 is 9.47 Å². The molecule has 0 amide bonds. The summed E-state index contributed by atoms with van der Waals surface area (Å²) in [6.07, 6.45) is 3.23. The SMILES string of the molecule is CCOC(=O)C(C)NC1CCCc2cc(OC)ccc21. The van der Waals surface area contributed by atoms with E-state index in [1.807, 2.05) is 19.9 Å². The summed E-state index contributed by atoms with van der Waals surface area (Å²) in [5.74, 6) is 0.705. The van der Waals surface area contributed by atoms with Crippen LogP contribution in [0, 0.1) is 0 Å². The maximum atomic E-state index is 11.7. The van der Waals surface area contributed by atoms with Gasteiger partial charge in [0.2, 0.25) is 0 Å². The lowest BCUT2D eigenvalue weighted by molar-refractivity contribution is -0.145. The predicted molar refractivity (Wildman–Crippen MR) is 77.9 cm³/mol. The number of carbonyl (C=O) groups is 1. The number of fused-ring (bicyclic) bond motifs is 1. The molecule has 4 heteroatoms. The van der Waals surface area contributed by atoms with E-state index >= 15 is 0 Å². The molecule has 0 aliphatic heterocycles. The molecule has 2 unspecified atom stereocenters. The van der Waals surface area contributed by atoms with Crippen LogP contribution in [0.4, 0.5) is 0 Å². The summed E-state index contributed by atoms with van der Waals surface area (Å²) in [7, 11) is 1.68. The van der Waals surface area contributed by atoms with E-state index in [-0.39, 0.29) is 18.1 Å². The summed E-state index contributed by atoms with van der Waals surface area (Å²) in [6, 6.07) is 6.10. The van der Waals surface area contributed by atoms with Crippen molar-refractivity contribution in [2.75, 3.05) is 13.7 Å². The summed E-state index contributed by atoms with van der Waals surface area (Å²) in [4.78, 5) is 11.7. The van der Waals surface area contributed by atoms with Crippen LogP contribution in [0.25, 0.3) is 0 Å². The van der Waals surface area contributed by atoms with Gasteiger partial charge in [-0.05, 0) is 56.4 Å². The zero-order chi connectivity index (χ0) is 14.5. The quantitative estimate of drug-likeness (QED) is 0.840. The van der Waals surface area contributed by atoms with Crippen LogP contribution in [-0.4, -0.2) is 25.7 Å². The largest absolute Gasteiger partial charge is 0.497 e. The first-order valence-electron chi connectivity index (χ1n) is 7.25. The van der Waals surface area contributed by atoms with E-state index in [9.17, 15) is 4.79 Å². The highest BCUT2D eigenvalue weighted by molar-refractivity contribution is 5.75. The Labute approximate surface area is 120 Å². The highest BCUT2D eigenvalue weighted by Crippen LogP contribution is 2.32. The maximum absolute atomic E-state index is 11.7. The minimum atomic E-state index is -0.284. The molecule has 2 rings (SSSR count). The Bertz CT molecular complexity index is 473. The van der Waals surface area contributed by atoms with Crippen molar-refractivity contribution in [2.45, 2.75) is 45.2 Å².